The van der Waals surface area contributed by atoms with Gasteiger partial charge >= 0.3 is 0 Å². The van der Waals surface area contributed by atoms with Gasteiger partial charge in [-0.2, -0.15) is 0 Å². The van der Waals surface area contributed by atoms with Crippen molar-refractivity contribution in [1.82, 2.24) is 4.90 Å². The number of nitrogens with two attached hydrogens (primary N) is 1. The lowest BCUT2D eigenvalue weighted by Crippen LogP contribution is -2.31. The summed E-state index contributed by atoms with van der Waals surface area (Å²) in [5, 5.41) is 0. The Bertz CT molecular complexity index is 215. The summed E-state index contributed by atoms with van der Waals surface area (Å²) in [5.74, 6) is 2.08. The molecule has 0 amide bonds. The van der Waals surface area contributed by atoms with Gasteiger partial charge in [0.15, 0.2) is 0 Å². The molecule has 2 heteroatoms. The molecule has 0 saturated heterocycles. The molecule has 2 nitrogen and oxygen atoms in total. The largest absolute Gasteiger partial charge is 0.330 e. The summed E-state index contributed by atoms with van der Waals surface area (Å²) >= 11 is 0. The fraction of sp³-hybridized carbons (Fsp3) is 1.00. The Hall–Kier alpha value is -0.0800. The molecule has 2 saturated carbocycles. The van der Waals surface area contributed by atoms with Crippen LogP contribution in [-0.4, -0.2) is 31.1 Å². The van der Waals surface area contributed by atoms with Gasteiger partial charge in [-0.05, 0) is 68.9 Å². The molecule has 2 aliphatic carbocycles. The highest BCUT2D eigenvalue weighted by Crippen LogP contribution is 2.34. The third-order valence-corrected chi connectivity index (χ3v) is 4.31. The lowest BCUT2D eigenvalue weighted by atomic mass is 9.88. The molecule has 0 bridgehead atoms. The number of hydrogen-bond donors (Lipinski definition) is 1. The predicted molar refractivity (Wildman–Crippen MR) is 74.0 cm³/mol. The van der Waals surface area contributed by atoms with Gasteiger partial charge in [0.25, 0.3) is 0 Å². The average molecular weight is 238 g/mol. The van der Waals surface area contributed by atoms with Crippen molar-refractivity contribution in [2.24, 2.45) is 23.0 Å². The van der Waals surface area contributed by atoms with Crippen molar-refractivity contribution in [3.63, 3.8) is 0 Å². The van der Waals surface area contributed by atoms with E-state index in [1.807, 2.05) is 0 Å². The van der Waals surface area contributed by atoms with Crippen LogP contribution in [0.25, 0.3) is 0 Å². The van der Waals surface area contributed by atoms with E-state index < -0.39 is 0 Å². The van der Waals surface area contributed by atoms with Crippen LogP contribution in [0.15, 0.2) is 0 Å². The summed E-state index contributed by atoms with van der Waals surface area (Å²) in [6.45, 7) is 9.45. The SMILES string of the molecule is CC(C)(CN)CCCN(CC1CC1)CC1CC1. The molecule has 0 aromatic rings. The second kappa shape index (κ2) is 5.71. The van der Waals surface area contributed by atoms with E-state index >= 15 is 0 Å². The van der Waals surface area contributed by atoms with Gasteiger partial charge in [0, 0.05) is 13.1 Å². The fourth-order valence-electron chi connectivity index (χ4n) is 2.47. The molecule has 0 aliphatic heterocycles. The van der Waals surface area contributed by atoms with Crippen LogP contribution in [0.2, 0.25) is 0 Å². The lowest BCUT2D eigenvalue weighted by molar-refractivity contribution is 0.228. The summed E-state index contributed by atoms with van der Waals surface area (Å²) in [6.07, 6.45) is 8.52. The molecule has 0 heterocycles. The van der Waals surface area contributed by atoms with Gasteiger partial charge in [-0.15, -0.1) is 0 Å². The first kappa shape index (κ1) is 13.4. The maximum Gasteiger partial charge on any atom is 0.000978 e. The van der Waals surface area contributed by atoms with Crippen LogP contribution in [-0.2, 0) is 0 Å². The average Bonchev–Trinajstić information content (AvgIpc) is 3.13. The zero-order valence-electron chi connectivity index (χ0n) is 11.8. The lowest BCUT2D eigenvalue weighted by Gasteiger charge is -2.26. The Kier molecular flexibility index (Phi) is 4.48. The minimum absolute atomic E-state index is 0.338. The van der Waals surface area contributed by atoms with E-state index in [1.54, 1.807) is 0 Å². The Morgan fingerprint density at radius 1 is 1.06 bits per heavy atom. The molecule has 0 radical (unpaired) electrons. The highest BCUT2D eigenvalue weighted by molar-refractivity contribution is 4.82. The van der Waals surface area contributed by atoms with Crippen LogP contribution >= 0.6 is 0 Å². The van der Waals surface area contributed by atoms with Crippen molar-refractivity contribution < 1.29 is 0 Å². The van der Waals surface area contributed by atoms with E-state index in [-0.39, 0.29) is 0 Å². The van der Waals surface area contributed by atoms with E-state index in [0.29, 0.717) is 5.41 Å². The first-order valence-electron chi connectivity index (χ1n) is 7.51. The van der Waals surface area contributed by atoms with Gasteiger partial charge < -0.3 is 10.6 Å². The highest BCUT2D eigenvalue weighted by atomic mass is 15.1. The summed E-state index contributed by atoms with van der Waals surface area (Å²) in [5.41, 5.74) is 6.13. The van der Waals surface area contributed by atoms with E-state index in [4.69, 9.17) is 5.73 Å². The van der Waals surface area contributed by atoms with Gasteiger partial charge in [0.1, 0.15) is 0 Å². The quantitative estimate of drug-likeness (QED) is 0.669. The third kappa shape index (κ3) is 5.39. The third-order valence-electron chi connectivity index (χ3n) is 4.31. The molecule has 0 aromatic heterocycles. The zero-order valence-corrected chi connectivity index (χ0v) is 11.8. The number of nitrogens with zero attached hydrogens (tertiary/aromatic N) is 1. The maximum atomic E-state index is 5.79. The first-order chi connectivity index (χ1) is 8.09. The smallest absolute Gasteiger partial charge is 0.000978 e. The summed E-state index contributed by atoms with van der Waals surface area (Å²) in [4.78, 5) is 2.74. The monoisotopic (exact) mass is 238 g/mol. The van der Waals surface area contributed by atoms with Crippen molar-refractivity contribution in [1.29, 1.82) is 0 Å². The van der Waals surface area contributed by atoms with Crippen LogP contribution in [0.3, 0.4) is 0 Å². The van der Waals surface area contributed by atoms with Crippen molar-refractivity contribution in [3.05, 3.63) is 0 Å². The highest BCUT2D eigenvalue weighted by Gasteiger charge is 2.29. The van der Waals surface area contributed by atoms with Crippen molar-refractivity contribution >= 4 is 0 Å². The molecule has 2 N–H and O–H groups in total. The Morgan fingerprint density at radius 2 is 1.59 bits per heavy atom. The van der Waals surface area contributed by atoms with Crippen LogP contribution in [0, 0.1) is 17.3 Å². The molecule has 2 fully saturated rings. The molecular formula is C15H30N2. The minimum atomic E-state index is 0.338. The Morgan fingerprint density at radius 3 is 2.00 bits per heavy atom. The molecule has 0 unspecified atom stereocenters. The standard InChI is InChI=1S/C15H30N2/c1-15(2,12-16)8-3-9-17(10-13-4-5-13)11-14-6-7-14/h13-14H,3-12,16H2,1-2H3. The Labute approximate surface area is 107 Å². The van der Waals surface area contributed by atoms with Crippen LogP contribution < -0.4 is 5.73 Å². The molecule has 2 aliphatic rings. The van der Waals surface area contributed by atoms with Gasteiger partial charge in [-0.25, -0.2) is 0 Å². The first-order valence-corrected chi connectivity index (χ1v) is 7.51. The maximum absolute atomic E-state index is 5.79. The number of rotatable bonds is 9. The molecule has 0 spiro atoms. The molecular weight excluding hydrogens is 208 g/mol. The van der Waals surface area contributed by atoms with Crippen LogP contribution in [0.5, 0.6) is 0 Å². The van der Waals surface area contributed by atoms with Crippen LogP contribution in [0.1, 0.15) is 52.4 Å². The predicted octanol–water partition coefficient (Wildman–Crippen LogP) is 2.87. The van der Waals surface area contributed by atoms with E-state index in [9.17, 15) is 0 Å². The van der Waals surface area contributed by atoms with E-state index in [0.717, 1.165) is 18.4 Å². The zero-order chi connectivity index (χ0) is 12.3. The fourth-order valence-corrected chi connectivity index (χ4v) is 2.47. The van der Waals surface area contributed by atoms with Crippen molar-refractivity contribution in [2.75, 3.05) is 26.2 Å². The number of hydrogen-bond acceptors (Lipinski definition) is 2. The van der Waals surface area contributed by atoms with Gasteiger partial charge in [0.2, 0.25) is 0 Å². The van der Waals surface area contributed by atoms with Gasteiger partial charge in [-0.1, -0.05) is 13.8 Å². The second-order valence-corrected chi connectivity index (χ2v) is 7.12. The molecule has 100 valence electrons. The van der Waals surface area contributed by atoms with E-state index in [1.165, 1.54) is 58.2 Å². The van der Waals surface area contributed by atoms with Gasteiger partial charge in [-0.3, -0.25) is 0 Å². The molecule has 2 rings (SSSR count). The summed E-state index contributed by atoms with van der Waals surface area (Å²) in [6, 6.07) is 0. The second-order valence-electron chi connectivity index (χ2n) is 7.12. The van der Waals surface area contributed by atoms with Crippen LogP contribution in [0.4, 0.5) is 0 Å². The van der Waals surface area contributed by atoms with Crippen molar-refractivity contribution in [2.45, 2.75) is 52.4 Å². The topological polar surface area (TPSA) is 29.3 Å². The van der Waals surface area contributed by atoms with Gasteiger partial charge in [0.05, 0.1) is 0 Å². The molecule has 0 atom stereocenters. The Balaban J connectivity index is 1.64. The summed E-state index contributed by atoms with van der Waals surface area (Å²) < 4.78 is 0. The summed E-state index contributed by atoms with van der Waals surface area (Å²) in [7, 11) is 0. The molecule has 17 heavy (non-hydrogen) atoms. The van der Waals surface area contributed by atoms with Crippen molar-refractivity contribution in [3.8, 4) is 0 Å². The minimum Gasteiger partial charge on any atom is -0.330 e. The normalized spacial score (nSPS) is 21.2. The molecule has 0 aromatic carbocycles. The van der Waals surface area contributed by atoms with E-state index in [2.05, 4.69) is 18.7 Å².